The standard InChI is InChI=1S/C16H21N3/c1-2-17-14-6-4-10-19(12-14)15-7-8-16-13(11-15)5-3-9-18-16/h3,5,7-9,11,14,17H,2,4,6,10,12H2,1H3. The number of pyridine rings is 1. The number of piperidine rings is 1. The van der Waals surface area contributed by atoms with Gasteiger partial charge in [-0.05, 0) is 43.7 Å². The van der Waals surface area contributed by atoms with Crippen molar-refractivity contribution in [3.8, 4) is 0 Å². The predicted octanol–water partition coefficient (Wildman–Crippen LogP) is 2.81. The molecular formula is C16H21N3. The molecule has 0 saturated carbocycles. The number of aromatic nitrogens is 1. The summed E-state index contributed by atoms with van der Waals surface area (Å²) in [5.41, 5.74) is 2.40. The molecule has 1 N–H and O–H groups in total. The first-order valence-corrected chi connectivity index (χ1v) is 7.20. The highest BCUT2D eigenvalue weighted by molar-refractivity contribution is 5.82. The lowest BCUT2D eigenvalue weighted by atomic mass is 10.0. The monoisotopic (exact) mass is 255 g/mol. The molecule has 3 heteroatoms. The minimum Gasteiger partial charge on any atom is -0.370 e. The van der Waals surface area contributed by atoms with Gasteiger partial charge in [0.15, 0.2) is 0 Å². The normalized spacial score (nSPS) is 19.8. The van der Waals surface area contributed by atoms with Gasteiger partial charge in [0, 0.05) is 36.4 Å². The lowest BCUT2D eigenvalue weighted by Gasteiger charge is -2.34. The zero-order chi connectivity index (χ0) is 13.1. The van der Waals surface area contributed by atoms with E-state index in [2.05, 4.69) is 46.4 Å². The Morgan fingerprint density at radius 1 is 1.37 bits per heavy atom. The molecule has 1 aliphatic heterocycles. The van der Waals surface area contributed by atoms with E-state index in [1.165, 1.54) is 23.9 Å². The van der Waals surface area contributed by atoms with E-state index in [1.54, 1.807) is 0 Å². The molecule has 1 aromatic heterocycles. The van der Waals surface area contributed by atoms with Crippen LogP contribution in [0.3, 0.4) is 0 Å². The van der Waals surface area contributed by atoms with E-state index in [9.17, 15) is 0 Å². The van der Waals surface area contributed by atoms with Gasteiger partial charge in [-0.2, -0.15) is 0 Å². The van der Waals surface area contributed by atoms with Crippen molar-refractivity contribution >= 4 is 16.6 Å². The molecular weight excluding hydrogens is 234 g/mol. The summed E-state index contributed by atoms with van der Waals surface area (Å²) >= 11 is 0. The summed E-state index contributed by atoms with van der Waals surface area (Å²) < 4.78 is 0. The molecule has 0 amide bonds. The Bertz CT molecular complexity index is 550. The third kappa shape index (κ3) is 2.71. The van der Waals surface area contributed by atoms with Crippen LogP contribution in [-0.2, 0) is 0 Å². The largest absolute Gasteiger partial charge is 0.370 e. The molecule has 0 spiro atoms. The van der Waals surface area contributed by atoms with E-state index < -0.39 is 0 Å². The molecule has 1 saturated heterocycles. The van der Waals surface area contributed by atoms with Crippen molar-refractivity contribution in [2.45, 2.75) is 25.8 Å². The SMILES string of the molecule is CCNC1CCCN(c2ccc3ncccc3c2)C1. The maximum Gasteiger partial charge on any atom is 0.0703 e. The van der Waals surface area contributed by atoms with Crippen LogP contribution >= 0.6 is 0 Å². The van der Waals surface area contributed by atoms with E-state index >= 15 is 0 Å². The van der Waals surface area contributed by atoms with Crippen LogP contribution in [0.5, 0.6) is 0 Å². The number of benzene rings is 1. The van der Waals surface area contributed by atoms with Crippen molar-refractivity contribution in [2.24, 2.45) is 0 Å². The molecule has 3 nitrogen and oxygen atoms in total. The molecule has 2 heterocycles. The summed E-state index contributed by atoms with van der Waals surface area (Å²) in [5.74, 6) is 0. The van der Waals surface area contributed by atoms with Crippen molar-refractivity contribution in [3.05, 3.63) is 36.5 Å². The molecule has 1 unspecified atom stereocenters. The fourth-order valence-corrected chi connectivity index (χ4v) is 2.93. The molecule has 0 radical (unpaired) electrons. The Morgan fingerprint density at radius 2 is 2.32 bits per heavy atom. The Kier molecular flexibility index (Phi) is 3.65. The molecule has 0 aliphatic carbocycles. The van der Waals surface area contributed by atoms with Gasteiger partial charge in [-0.3, -0.25) is 4.98 Å². The highest BCUT2D eigenvalue weighted by Crippen LogP contribution is 2.23. The summed E-state index contributed by atoms with van der Waals surface area (Å²) in [4.78, 5) is 6.87. The summed E-state index contributed by atoms with van der Waals surface area (Å²) in [5, 5.41) is 4.79. The van der Waals surface area contributed by atoms with E-state index in [0.717, 1.165) is 25.2 Å². The van der Waals surface area contributed by atoms with Crippen LogP contribution in [0.15, 0.2) is 36.5 Å². The Labute approximate surface area is 114 Å². The molecule has 1 aromatic carbocycles. The first-order valence-electron chi connectivity index (χ1n) is 7.20. The topological polar surface area (TPSA) is 28.2 Å². The summed E-state index contributed by atoms with van der Waals surface area (Å²) in [6, 6.07) is 11.4. The second kappa shape index (κ2) is 5.57. The second-order valence-electron chi connectivity index (χ2n) is 5.22. The van der Waals surface area contributed by atoms with E-state index in [1.807, 2.05) is 12.3 Å². The maximum atomic E-state index is 4.38. The van der Waals surface area contributed by atoms with Crippen molar-refractivity contribution in [2.75, 3.05) is 24.5 Å². The first kappa shape index (κ1) is 12.4. The second-order valence-corrected chi connectivity index (χ2v) is 5.22. The van der Waals surface area contributed by atoms with Gasteiger partial charge in [0.2, 0.25) is 0 Å². The van der Waals surface area contributed by atoms with Gasteiger partial charge in [0.25, 0.3) is 0 Å². The number of likely N-dealkylation sites (N-methyl/N-ethyl adjacent to an activating group) is 1. The summed E-state index contributed by atoms with van der Waals surface area (Å²) in [6.45, 7) is 5.51. The van der Waals surface area contributed by atoms with E-state index in [-0.39, 0.29) is 0 Å². The van der Waals surface area contributed by atoms with Gasteiger partial charge < -0.3 is 10.2 Å². The van der Waals surface area contributed by atoms with Crippen LogP contribution in [-0.4, -0.2) is 30.7 Å². The molecule has 1 fully saturated rings. The number of nitrogens with one attached hydrogen (secondary N) is 1. The Balaban J connectivity index is 1.83. The van der Waals surface area contributed by atoms with Crippen LogP contribution in [0.2, 0.25) is 0 Å². The van der Waals surface area contributed by atoms with Gasteiger partial charge in [0.05, 0.1) is 5.52 Å². The molecule has 19 heavy (non-hydrogen) atoms. The van der Waals surface area contributed by atoms with Crippen LogP contribution < -0.4 is 10.2 Å². The summed E-state index contributed by atoms with van der Waals surface area (Å²) in [6.07, 6.45) is 4.41. The zero-order valence-electron chi connectivity index (χ0n) is 11.5. The van der Waals surface area contributed by atoms with Crippen molar-refractivity contribution in [1.82, 2.24) is 10.3 Å². The van der Waals surface area contributed by atoms with Crippen molar-refractivity contribution in [1.29, 1.82) is 0 Å². The van der Waals surface area contributed by atoms with Crippen molar-refractivity contribution < 1.29 is 0 Å². The average Bonchev–Trinajstić information content (AvgIpc) is 2.47. The highest BCUT2D eigenvalue weighted by Gasteiger charge is 2.19. The fourth-order valence-electron chi connectivity index (χ4n) is 2.93. The Morgan fingerprint density at radius 3 is 3.21 bits per heavy atom. The smallest absolute Gasteiger partial charge is 0.0703 e. The number of rotatable bonds is 3. The van der Waals surface area contributed by atoms with E-state index in [4.69, 9.17) is 0 Å². The van der Waals surface area contributed by atoms with Crippen LogP contribution in [0, 0.1) is 0 Å². The van der Waals surface area contributed by atoms with Gasteiger partial charge in [-0.15, -0.1) is 0 Å². The lowest BCUT2D eigenvalue weighted by Crippen LogP contribution is -2.45. The lowest BCUT2D eigenvalue weighted by molar-refractivity contribution is 0.431. The van der Waals surface area contributed by atoms with Crippen LogP contribution in [0.1, 0.15) is 19.8 Å². The number of hydrogen-bond acceptors (Lipinski definition) is 3. The molecule has 100 valence electrons. The molecule has 0 bridgehead atoms. The zero-order valence-corrected chi connectivity index (χ0v) is 11.5. The molecule has 3 rings (SSSR count). The van der Waals surface area contributed by atoms with Gasteiger partial charge >= 0.3 is 0 Å². The quantitative estimate of drug-likeness (QED) is 0.914. The summed E-state index contributed by atoms with van der Waals surface area (Å²) in [7, 11) is 0. The average molecular weight is 255 g/mol. The van der Waals surface area contributed by atoms with Gasteiger partial charge in [-0.1, -0.05) is 13.0 Å². The third-order valence-corrected chi connectivity index (χ3v) is 3.87. The molecule has 1 aliphatic rings. The van der Waals surface area contributed by atoms with Gasteiger partial charge in [0.1, 0.15) is 0 Å². The number of anilines is 1. The highest BCUT2D eigenvalue weighted by atomic mass is 15.2. The number of nitrogens with zero attached hydrogens (tertiary/aromatic N) is 2. The minimum atomic E-state index is 0.628. The van der Waals surface area contributed by atoms with Crippen LogP contribution in [0.25, 0.3) is 10.9 Å². The Hall–Kier alpha value is -1.61. The number of hydrogen-bond donors (Lipinski definition) is 1. The minimum absolute atomic E-state index is 0.628. The third-order valence-electron chi connectivity index (χ3n) is 3.87. The fraction of sp³-hybridized carbons (Fsp3) is 0.438. The molecule has 2 aromatic rings. The van der Waals surface area contributed by atoms with Crippen molar-refractivity contribution in [3.63, 3.8) is 0 Å². The van der Waals surface area contributed by atoms with E-state index in [0.29, 0.717) is 6.04 Å². The number of fused-ring (bicyclic) bond motifs is 1. The predicted molar refractivity (Wildman–Crippen MR) is 80.7 cm³/mol. The molecule has 1 atom stereocenters. The van der Waals surface area contributed by atoms with Crippen LogP contribution in [0.4, 0.5) is 5.69 Å². The first-order chi connectivity index (χ1) is 9.36. The van der Waals surface area contributed by atoms with Gasteiger partial charge in [-0.25, -0.2) is 0 Å². The maximum absolute atomic E-state index is 4.38.